The maximum atomic E-state index is 12.0. The van der Waals surface area contributed by atoms with Crippen LogP contribution in [0.2, 0.25) is 0 Å². The zero-order valence-electron chi connectivity index (χ0n) is 16.1. The second-order valence-electron chi connectivity index (χ2n) is 8.57. The van der Waals surface area contributed by atoms with Gasteiger partial charge in [0.15, 0.2) is 0 Å². The van der Waals surface area contributed by atoms with E-state index in [9.17, 15) is 4.79 Å². The number of nitrogens with one attached hydrogen (secondary N) is 2. The van der Waals surface area contributed by atoms with Gasteiger partial charge in [-0.1, -0.05) is 19.3 Å². The van der Waals surface area contributed by atoms with Crippen LogP contribution in [0.25, 0.3) is 0 Å². The molecule has 2 aliphatic rings. The van der Waals surface area contributed by atoms with Crippen LogP contribution in [0.1, 0.15) is 65.7 Å². The Balaban J connectivity index is 1.82. The molecule has 1 saturated carbocycles. The molecule has 2 fully saturated rings. The van der Waals surface area contributed by atoms with Gasteiger partial charge in [-0.25, -0.2) is 4.79 Å². The van der Waals surface area contributed by atoms with Crippen molar-refractivity contribution in [2.75, 3.05) is 26.7 Å². The Hall–Kier alpha value is -0.810. The predicted octanol–water partition coefficient (Wildman–Crippen LogP) is 3.14. The molecule has 0 radical (unpaired) electrons. The van der Waals surface area contributed by atoms with Gasteiger partial charge in [0.1, 0.15) is 5.60 Å². The van der Waals surface area contributed by atoms with Crippen LogP contribution in [0.15, 0.2) is 0 Å². The second-order valence-corrected chi connectivity index (χ2v) is 8.57. The quantitative estimate of drug-likeness (QED) is 0.780. The summed E-state index contributed by atoms with van der Waals surface area (Å²) in [6.45, 7) is 8.59. The van der Waals surface area contributed by atoms with Gasteiger partial charge in [-0.05, 0) is 66.0 Å². The molecule has 2 atom stereocenters. The molecule has 1 aliphatic carbocycles. The highest BCUT2D eigenvalue weighted by molar-refractivity contribution is 5.67. The van der Waals surface area contributed by atoms with Gasteiger partial charge >= 0.3 is 6.09 Å². The van der Waals surface area contributed by atoms with E-state index in [-0.39, 0.29) is 6.09 Å². The summed E-state index contributed by atoms with van der Waals surface area (Å²) in [5.41, 5.74) is -0.439. The van der Waals surface area contributed by atoms with Crippen LogP contribution in [0, 0.1) is 5.92 Å². The standard InChI is InChI=1S/C19H37N3O2/c1-19(2,3)24-18(23)21-14-17(15-9-5-6-10-15)20-13-16-11-7-8-12-22(16)4/h15-17,20H,5-14H2,1-4H3,(H,21,23). The van der Waals surface area contributed by atoms with Crippen molar-refractivity contribution in [3.8, 4) is 0 Å². The number of hydrogen-bond donors (Lipinski definition) is 2. The van der Waals surface area contributed by atoms with Crippen molar-refractivity contribution >= 4 is 6.09 Å². The van der Waals surface area contributed by atoms with E-state index in [0.29, 0.717) is 24.5 Å². The minimum Gasteiger partial charge on any atom is -0.444 e. The van der Waals surface area contributed by atoms with Crippen molar-refractivity contribution in [3.63, 3.8) is 0 Å². The van der Waals surface area contributed by atoms with Crippen molar-refractivity contribution in [2.45, 2.75) is 83.4 Å². The van der Waals surface area contributed by atoms with Gasteiger partial charge in [0.25, 0.3) is 0 Å². The van der Waals surface area contributed by atoms with Crippen LogP contribution in [0.4, 0.5) is 4.79 Å². The van der Waals surface area contributed by atoms with Crippen LogP contribution in [-0.4, -0.2) is 55.4 Å². The van der Waals surface area contributed by atoms with Gasteiger partial charge in [-0.2, -0.15) is 0 Å². The first kappa shape index (κ1) is 19.5. The number of piperidine rings is 1. The Bertz CT molecular complexity index is 389. The molecule has 1 aliphatic heterocycles. The zero-order chi connectivity index (χ0) is 17.6. The van der Waals surface area contributed by atoms with Crippen LogP contribution in [0.3, 0.4) is 0 Å². The van der Waals surface area contributed by atoms with E-state index in [0.717, 1.165) is 6.54 Å². The van der Waals surface area contributed by atoms with Crippen LogP contribution in [-0.2, 0) is 4.74 Å². The lowest BCUT2D eigenvalue weighted by Crippen LogP contribution is -2.51. The van der Waals surface area contributed by atoms with Crippen molar-refractivity contribution < 1.29 is 9.53 Å². The van der Waals surface area contributed by atoms with Crippen molar-refractivity contribution in [1.29, 1.82) is 0 Å². The molecule has 24 heavy (non-hydrogen) atoms. The fraction of sp³-hybridized carbons (Fsp3) is 0.947. The van der Waals surface area contributed by atoms with E-state index in [1.807, 2.05) is 20.8 Å². The third kappa shape index (κ3) is 6.60. The number of carbonyl (C=O) groups excluding carboxylic acids is 1. The summed E-state index contributed by atoms with van der Waals surface area (Å²) in [5, 5.41) is 6.75. The summed E-state index contributed by atoms with van der Waals surface area (Å²) in [6, 6.07) is 0.986. The van der Waals surface area contributed by atoms with Crippen LogP contribution in [0.5, 0.6) is 0 Å². The summed E-state index contributed by atoms with van der Waals surface area (Å²) in [4.78, 5) is 14.4. The lowest BCUT2D eigenvalue weighted by atomic mass is 9.96. The molecule has 0 bridgehead atoms. The average Bonchev–Trinajstić information content (AvgIpc) is 3.01. The molecule has 0 aromatic heterocycles. The summed E-state index contributed by atoms with van der Waals surface area (Å²) < 4.78 is 5.38. The minimum absolute atomic E-state index is 0.304. The molecular formula is C19H37N3O2. The number of amides is 1. The Morgan fingerprint density at radius 2 is 1.83 bits per heavy atom. The number of hydrogen-bond acceptors (Lipinski definition) is 4. The van der Waals surface area contributed by atoms with E-state index < -0.39 is 5.60 Å². The largest absolute Gasteiger partial charge is 0.444 e. The predicted molar refractivity (Wildman–Crippen MR) is 98.3 cm³/mol. The van der Waals surface area contributed by atoms with Gasteiger partial charge in [-0.3, -0.25) is 0 Å². The van der Waals surface area contributed by atoms with Crippen LogP contribution < -0.4 is 10.6 Å². The van der Waals surface area contributed by atoms with E-state index in [1.54, 1.807) is 0 Å². The Kier molecular flexibility index (Phi) is 7.35. The number of rotatable bonds is 6. The molecular weight excluding hydrogens is 302 g/mol. The monoisotopic (exact) mass is 339 g/mol. The smallest absolute Gasteiger partial charge is 0.407 e. The SMILES string of the molecule is CN1CCCCC1CNC(CNC(=O)OC(C)(C)C)C1CCCC1. The second kappa shape index (κ2) is 9.04. The molecule has 5 heteroatoms. The van der Waals surface area contributed by atoms with Gasteiger partial charge in [-0.15, -0.1) is 0 Å². The molecule has 140 valence electrons. The van der Waals surface area contributed by atoms with Crippen molar-refractivity contribution in [1.82, 2.24) is 15.5 Å². The summed E-state index contributed by atoms with van der Waals surface area (Å²) >= 11 is 0. The molecule has 5 nitrogen and oxygen atoms in total. The molecule has 2 N–H and O–H groups in total. The van der Waals surface area contributed by atoms with Crippen LogP contribution >= 0.6 is 0 Å². The van der Waals surface area contributed by atoms with Gasteiger partial charge < -0.3 is 20.3 Å². The Labute approximate surface area is 147 Å². The normalized spacial score (nSPS) is 24.8. The van der Waals surface area contributed by atoms with Gasteiger partial charge in [0.05, 0.1) is 0 Å². The first-order chi connectivity index (χ1) is 11.3. The first-order valence-electron chi connectivity index (χ1n) is 9.75. The maximum Gasteiger partial charge on any atom is 0.407 e. The highest BCUT2D eigenvalue weighted by atomic mass is 16.6. The number of alkyl carbamates (subject to hydrolysis) is 1. The Morgan fingerprint density at radius 1 is 1.17 bits per heavy atom. The highest BCUT2D eigenvalue weighted by Crippen LogP contribution is 2.28. The van der Waals surface area contributed by atoms with E-state index in [4.69, 9.17) is 4.74 Å². The number of likely N-dealkylation sites (tertiary alicyclic amines) is 1. The fourth-order valence-electron chi connectivity index (χ4n) is 3.96. The third-order valence-corrected chi connectivity index (χ3v) is 5.37. The maximum absolute atomic E-state index is 12.0. The highest BCUT2D eigenvalue weighted by Gasteiger charge is 2.27. The number of ether oxygens (including phenoxy) is 1. The van der Waals surface area contributed by atoms with Gasteiger partial charge in [0, 0.05) is 25.2 Å². The van der Waals surface area contributed by atoms with Gasteiger partial charge in [0.2, 0.25) is 0 Å². The lowest BCUT2D eigenvalue weighted by molar-refractivity contribution is 0.0517. The average molecular weight is 340 g/mol. The minimum atomic E-state index is -0.439. The molecule has 2 rings (SSSR count). The molecule has 1 saturated heterocycles. The summed E-state index contributed by atoms with van der Waals surface area (Å²) in [6.07, 6.45) is 8.81. The molecule has 2 unspecified atom stereocenters. The molecule has 0 aromatic rings. The molecule has 1 amide bonds. The third-order valence-electron chi connectivity index (χ3n) is 5.37. The number of nitrogens with zero attached hydrogens (tertiary/aromatic N) is 1. The zero-order valence-corrected chi connectivity index (χ0v) is 16.1. The van der Waals surface area contributed by atoms with Crippen molar-refractivity contribution in [2.24, 2.45) is 5.92 Å². The summed E-state index contributed by atoms with van der Waals surface area (Å²) in [5.74, 6) is 0.675. The summed E-state index contributed by atoms with van der Waals surface area (Å²) in [7, 11) is 2.23. The first-order valence-corrected chi connectivity index (χ1v) is 9.75. The fourth-order valence-corrected chi connectivity index (χ4v) is 3.96. The van der Waals surface area contributed by atoms with Crippen molar-refractivity contribution in [3.05, 3.63) is 0 Å². The van der Waals surface area contributed by atoms with E-state index >= 15 is 0 Å². The number of carbonyl (C=O) groups is 1. The Morgan fingerprint density at radius 3 is 2.46 bits per heavy atom. The lowest BCUT2D eigenvalue weighted by Gasteiger charge is -2.35. The molecule has 0 aromatic carbocycles. The number of likely N-dealkylation sites (N-methyl/N-ethyl adjacent to an activating group) is 1. The molecule has 1 heterocycles. The topological polar surface area (TPSA) is 53.6 Å². The van der Waals surface area contributed by atoms with E-state index in [2.05, 4.69) is 22.6 Å². The van der Waals surface area contributed by atoms with E-state index in [1.165, 1.54) is 51.5 Å². The molecule has 0 spiro atoms.